The smallest absolute Gasteiger partial charge is 0.197 e. The van der Waals surface area contributed by atoms with Gasteiger partial charge in [0, 0.05) is 0 Å². The zero-order chi connectivity index (χ0) is 11.5. The Kier molecular flexibility index (Phi) is 3.62. The average molecular weight is 227 g/mol. The van der Waals surface area contributed by atoms with Crippen molar-refractivity contribution in [3.05, 3.63) is 35.9 Å². The van der Waals surface area contributed by atoms with Crippen molar-refractivity contribution >= 4 is 16.2 Å². The highest BCUT2D eigenvalue weighted by Crippen LogP contribution is 2.19. The molecule has 0 aliphatic rings. The largest absolute Gasteiger partial charge is 0.312 e. The molecule has 0 bridgehead atoms. The van der Waals surface area contributed by atoms with Gasteiger partial charge in [-0.15, -0.1) is 0 Å². The number of nitrogens with two attached hydrogens (primary N) is 1. The van der Waals surface area contributed by atoms with Gasteiger partial charge in [0.2, 0.25) is 0 Å². The van der Waals surface area contributed by atoms with E-state index in [4.69, 9.17) is 5.90 Å². The Morgan fingerprint density at radius 1 is 1.53 bits per heavy atom. The van der Waals surface area contributed by atoms with Gasteiger partial charge in [-0.1, -0.05) is 31.7 Å². The third-order valence-corrected chi connectivity index (χ3v) is 3.29. The molecule has 5 heteroatoms. The summed E-state index contributed by atoms with van der Waals surface area (Å²) in [6, 6.07) is 4.87. The van der Waals surface area contributed by atoms with Crippen molar-refractivity contribution in [1.82, 2.24) is 0 Å². The van der Waals surface area contributed by atoms with Gasteiger partial charge >= 0.3 is 10.1 Å². The second-order valence-electron chi connectivity index (χ2n) is 2.98. The van der Waals surface area contributed by atoms with Gasteiger partial charge < -0.3 is 0 Å². The second kappa shape index (κ2) is 4.57. The SMILES string of the molecule is C=Cc1ccc(S(=O)(=O)ON)c(CC)c1. The lowest BCUT2D eigenvalue weighted by Crippen LogP contribution is -2.13. The van der Waals surface area contributed by atoms with Crippen LogP contribution >= 0.6 is 0 Å². The van der Waals surface area contributed by atoms with Gasteiger partial charge in [-0.25, -0.2) is 0 Å². The lowest BCUT2D eigenvalue weighted by atomic mass is 10.1. The van der Waals surface area contributed by atoms with Gasteiger partial charge in [0.1, 0.15) is 0 Å². The molecule has 1 aromatic carbocycles. The molecule has 0 spiro atoms. The van der Waals surface area contributed by atoms with Crippen LogP contribution in [0.2, 0.25) is 0 Å². The molecule has 0 amide bonds. The van der Waals surface area contributed by atoms with E-state index < -0.39 is 10.1 Å². The highest BCUT2D eigenvalue weighted by atomic mass is 32.2. The Bertz CT molecular complexity index is 466. The summed E-state index contributed by atoms with van der Waals surface area (Å²) in [5, 5.41) is 0. The number of benzene rings is 1. The van der Waals surface area contributed by atoms with Gasteiger partial charge in [-0.3, -0.25) is 0 Å². The van der Waals surface area contributed by atoms with Crippen molar-refractivity contribution in [3.63, 3.8) is 0 Å². The standard InChI is InChI=1S/C10H13NO3S/c1-3-8-5-6-10(9(4-2)7-8)15(12,13)14-11/h3,5-7H,1,4,11H2,2H3. The number of rotatable bonds is 4. The number of aryl methyl sites for hydroxylation is 1. The Morgan fingerprint density at radius 3 is 2.67 bits per heavy atom. The minimum absolute atomic E-state index is 0.109. The summed E-state index contributed by atoms with van der Waals surface area (Å²) in [7, 11) is -3.82. The minimum atomic E-state index is -3.82. The van der Waals surface area contributed by atoms with Crippen molar-refractivity contribution in [2.45, 2.75) is 18.2 Å². The van der Waals surface area contributed by atoms with E-state index in [1.165, 1.54) is 6.07 Å². The first-order valence-electron chi connectivity index (χ1n) is 4.44. The van der Waals surface area contributed by atoms with Crippen molar-refractivity contribution in [2.24, 2.45) is 5.90 Å². The van der Waals surface area contributed by atoms with Crippen LogP contribution in [0.4, 0.5) is 0 Å². The van der Waals surface area contributed by atoms with Crippen LogP contribution < -0.4 is 5.90 Å². The predicted octanol–water partition coefficient (Wildman–Crippen LogP) is 1.47. The van der Waals surface area contributed by atoms with Gasteiger partial charge in [-0.05, 0) is 23.6 Å². The third kappa shape index (κ3) is 2.44. The van der Waals surface area contributed by atoms with Crippen LogP contribution in [-0.2, 0) is 20.8 Å². The van der Waals surface area contributed by atoms with Crippen molar-refractivity contribution in [3.8, 4) is 0 Å². The molecule has 2 N–H and O–H groups in total. The summed E-state index contributed by atoms with van der Waals surface area (Å²) in [4.78, 5) is 0.109. The van der Waals surface area contributed by atoms with Crippen LogP contribution in [-0.4, -0.2) is 8.42 Å². The zero-order valence-corrected chi connectivity index (χ0v) is 9.25. The normalized spacial score (nSPS) is 11.3. The highest BCUT2D eigenvalue weighted by Gasteiger charge is 2.17. The molecule has 0 aromatic heterocycles. The van der Waals surface area contributed by atoms with E-state index in [0.717, 1.165) is 5.56 Å². The van der Waals surface area contributed by atoms with Gasteiger partial charge in [0.15, 0.2) is 0 Å². The maximum Gasteiger partial charge on any atom is 0.312 e. The van der Waals surface area contributed by atoms with Crippen molar-refractivity contribution in [2.75, 3.05) is 0 Å². The molecule has 0 saturated heterocycles. The summed E-state index contributed by atoms with van der Waals surface area (Å²) in [5.41, 5.74) is 1.53. The number of hydrogen-bond donors (Lipinski definition) is 1. The molecule has 1 aromatic rings. The van der Waals surface area contributed by atoms with Gasteiger partial charge in [-0.2, -0.15) is 18.6 Å². The maximum absolute atomic E-state index is 11.4. The molecule has 0 fully saturated rings. The summed E-state index contributed by atoms with van der Waals surface area (Å²) in [6.07, 6.45) is 2.23. The Morgan fingerprint density at radius 2 is 2.20 bits per heavy atom. The molecule has 4 nitrogen and oxygen atoms in total. The van der Waals surface area contributed by atoms with Crippen LogP contribution in [0, 0.1) is 0 Å². The van der Waals surface area contributed by atoms with E-state index in [1.807, 2.05) is 6.92 Å². The third-order valence-electron chi connectivity index (χ3n) is 2.10. The summed E-state index contributed by atoms with van der Waals surface area (Å²) in [5.74, 6) is 4.72. The molecular weight excluding hydrogens is 214 g/mol. The van der Waals surface area contributed by atoms with Crippen LogP contribution in [0.5, 0.6) is 0 Å². The van der Waals surface area contributed by atoms with Crippen LogP contribution in [0.25, 0.3) is 6.08 Å². The van der Waals surface area contributed by atoms with Gasteiger partial charge in [0.25, 0.3) is 0 Å². The molecule has 0 unspecified atom stereocenters. The predicted molar refractivity (Wildman–Crippen MR) is 58.4 cm³/mol. The van der Waals surface area contributed by atoms with Crippen LogP contribution in [0.1, 0.15) is 18.1 Å². The molecule has 1 rings (SSSR count). The average Bonchev–Trinajstić information content (AvgIpc) is 2.28. The van der Waals surface area contributed by atoms with E-state index in [1.54, 1.807) is 18.2 Å². The fraction of sp³-hybridized carbons (Fsp3) is 0.200. The Balaban J connectivity index is 3.38. The van der Waals surface area contributed by atoms with Crippen LogP contribution in [0.15, 0.2) is 29.7 Å². The molecular formula is C10H13NO3S. The molecule has 0 aliphatic carbocycles. The molecule has 0 saturated carbocycles. The molecule has 0 heterocycles. The fourth-order valence-electron chi connectivity index (χ4n) is 1.30. The minimum Gasteiger partial charge on any atom is -0.197 e. The van der Waals surface area contributed by atoms with E-state index in [2.05, 4.69) is 10.9 Å². The second-order valence-corrected chi connectivity index (χ2v) is 4.52. The number of hydrogen-bond acceptors (Lipinski definition) is 4. The first kappa shape index (κ1) is 11.9. The monoisotopic (exact) mass is 227 g/mol. The first-order chi connectivity index (χ1) is 7.05. The lowest BCUT2D eigenvalue weighted by molar-refractivity contribution is 0.332. The summed E-state index contributed by atoms with van der Waals surface area (Å²) in [6.45, 7) is 5.47. The topological polar surface area (TPSA) is 69.4 Å². The molecule has 82 valence electrons. The molecule has 0 radical (unpaired) electrons. The van der Waals surface area contributed by atoms with Gasteiger partial charge in [0.05, 0.1) is 4.90 Å². The van der Waals surface area contributed by atoms with E-state index in [9.17, 15) is 8.42 Å². The first-order valence-corrected chi connectivity index (χ1v) is 5.84. The zero-order valence-electron chi connectivity index (χ0n) is 8.43. The summed E-state index contributed by atoms with van der Waals surface area (Å²) >= 11 is 0. The summed E-state index contributed by atoms with van der Waals surface area (Å²) < 4.78 is 26.8. The van der Waals surface area contributed by atoms with Crippen molar-refractivity contribution < 1.29 is 12.7 Å². The Hall–Kier alpha value is -1.17. The molecule has 0 atom stereocenters. The molecule has 0 aliphatic heterocycles. The van der Waals surface area contributed by atoms with Crippen molar-refractivity contribution in [1.29, 1.82) is 0 Å². The van der Waals surface area contributed by atoms with E-state index in [0.29, 0.717) is 12.0 Å². The Labute approximate surface area is 89.4 Å². The van der Waals surface area contributed by atoms with E-state index >= 15 is 0 Å². The fourth-order valence-corrected chi connectivity index (χ4v) is 2.16. The lowest BCUT2D eigenvalue weighted by Gasteiger charge is -2.07. The quantitative estimate of drug-likeness (QED) is 0.791. The highest BCUT2D eigenvalue weighted by molar-refractivity contribution is 7.86. The molecule has 15 heavy (non-hydrogen) atoms. The van der Waals surface area contributed by atoms with E-state index in [-0.39, 0.29) is 4.90 Å². The maximum atomic E-state index is 11.4. The van der Waals surface area contributed by atoms with Crippen LogP contribution in [0.3, 0.4) is 0 Å².